The molecule has 0 aromatic heterocycles. The van der Waals surface area contributed by atoms with Gasteiger partial charge in [-0.3, -0.25) is 4.99 Å². The van der Waals surface area contributed by atoms with E-state index < -0.39 is 0 Å². The molecule has 1 nitrogen and oxygen atoms in total. The highest BCUT2D eigenvalue weighted by molar-refractivity contribution is 5.88. The molecule has 0 saturated heterocycles. The Hall–Kier alpha value is -1.11. The van der Waals surface area contributed by atoms with Gasteiger partial charge in [-0.1, -0.05) is 25.1 Å². The van der Waals surface area contributed by atoms with E-state index in [0.717, 1.165) is 12.8 Å². The van der Waals surface area contributed by atoms with Gasteiger partial charge >= 0.3 is 0 Å². The zero-order valence-electron chi connectivity index (χ0n) is 7.38. The first-order valence-electron chi connectivity index (χ1n) is 4.54. The Kier molecular flexibility index (Phi) is 1.94. The summed E-state index contributed by atoms with van der Waals surface area (Å²) >= 11 is 0. The van der Waals surface area contributed by atoms with Crippen molar-refractivity contribution in [2.45, 2.75) is 26.2 Å². The molecule has 0 N–H and O–H groups in total. The molecule has 0 amide bonds. The van der Waals surface area contributed by atoms with Crippen molar-refractivity contribution in [3.63, 3.8) is 0 Å². The second-order valence-corrected chi connectivity index (χ2v) is 3.16. The highest BCUT2D eigenvalue weighted by Crippen LogP contribution is 2.25. The van der Waals surface area contributed by atoms with E-state index in [9.17, 15) is 0 Å². The van der Waals surface area contributed by atoms with Crippen molar-refractivity contribution in [1.82, 2.24) is 0 Å². The molecule has 0 unspecified atom stereocenters. The second kappa shape index (κ2) is 3.10. The first-order chi connectivity index (χ1) is 5.90. The molecule has 0 saturated carbocycles. The quantitative estimate of drug-likeness (QED) is 0.597. The van der Waals surface area contributed by atoms with Crippen LogP contribution in [-0.2, 0) is 6.42 Å². The van der Waals surface area contributed by atoms with Gasteiger partial charge in [0.1, 0.15) is 0 Å². The number of hydrogen-bond donors (Lipinski definition) is 0. The van der Waals surface area contributed by atoms with Gasteiger partial charge in [0, 0.05) is 5.71 Å². The zero-order chi connectivity index (χ0) is 8.39. The summed E-state index contributed by atoms with van der Waals surface area (Å²) in [5, 5.41) is 0. The van der Waals surface area contributed by atoms with Gasteiger partial charge in [0.05, 0.1) is 5.69 Å². The van der Waals surface area contributed by atoms with Crippen molar-refractivity contribution in [3.05, 3.63) is 29.8 Å². The van der Waals surface area contributed by atoms with E-state index in [1.807, 2.05) is 0 Å². The fraction of sp³-hybridized carbons (Fsp3) is 0.364. The third kappa shape index (κ3) is 1.27. The lowest BCUT2D eigenvalue weighted by atomic mass is 10.0. The highest BCUT2D eigenvalue weighted by Gasteiger charge is 2.08. The van der Waals surface area contributed by atoms with Gasteiger partial charge in [-0.2, -0.15) is 0 Å². The summed E-state index contributed by atoms with van der Waals surface area (Å²) in [6.07, 6.45) is 3.41. The summed E-state index contributed by atoms with van der Waals surface area (Å²) in [5.74, 6) is 0. The predicted octanol–water partition coefficient (Wildman–Crippen LogP) is 3.12. The number of rotatable bonds is 1. The van der Waals surface area contributed by atoms with Crippen LogP contribution in [0.3, 0.4) is 0 Å². The van der Waals surface area contributed by atoms with E-state index in [1.54, 1.807) is 0 Å². The molecule has 1 heterocycles. The van der Waals surface area contributed by atoms with Crippen molar-refractivity contribution in [3.8, 4) is 0 Å². The fourth-order valence-corrected chi connectivity index (χ4v) is 1.59. The Labute approximate surface area is 73.1 Å². The Morgan fingerprint density at radius 3 is 2.92 bits per heavy atom. The number of hydrogen-bond acceptors (Lipinski definition) is 1. The summed E-state index contributed by atoms with van der Waals surface area (Å²) < 4.78 is 0. The van der Waals surface area contributed by atoms with E-state index in [-0.39, 0.29) is 0 Å². The van der Waals surface area contributed by atoms with Gasteiger partial charge in [-0.05, 0) is 30.9 Å². The van der Waals surface area contributed by atoms with Gasteiger partial charge in [0.25, 0.3) is 0 Å². The van der Waals surface area contributed by atoms with Gasteiger partial charge in [0.15, 0.2) is 0 Å². The monoisotopic (exact) mass is 159 g/mol. The van der Waals surface area contributed by atoms with E-state index >= 15 is 0 Å². The maximum atomic E-state index is 4.58. The zero-order valence-corrected chi connectivity index (χ0v) is 7.38. The maximum absolute atomic E-state index is 4.58. The Morgan fingerprint density at radius 1 is 1.25 bits per heavy atom. The highest BCUT2D eigenvalue weighted by atomic mass is 14.8. The number of para-hydroxylation sites is 1. The lowest BCUT2D eigenvalue weighted by molar-refractivity contribution is 0.975. The lowest BCUT2D eigenvalue weighted by Crippen LogP contribution is -2.03. The molecular weight excluding hydrogens is 146 g/mol. The van der Waals surface area contributed by atoms with Crippen LogP contribution in [0.1, 0.15) is 25.3 Å². The topological polar surface area (TPSA) is 12.4 Å². The summed E-state index contributed by atoms with van der Waals surface area (Å²) in [7, 11) is 0. The molecule has 62 valence electrons. The van der Waals surface area contributed by atoms with Crippen LogP contribution in [0.4, 0.5) is 5.69 Å². The first-order valence-corrected chi connectivity index (χ1v) is 4.54. The molecule has 1 heteroatoms. The number of fused-ring (bicyclic) bond motifs is 1. The van der Waals surface area contributed by atoms with Crippen molar-refractivity contribution >= 4 is 11.4 Å². The summed E-state index contributed by atoms with van der Waals surface area (Å²) in [6, 6.07) is 8.42. The third-order valence-corrected chi connectivity index (χ3v) is 2.36. The molecule has 0 spiro atoms. The molecule has 1 aromatic carbocycles. The molecule has 1 aromatic rings. The maximum Gasteiger partial charge on any atom is 0.0661 e. The van der Waals surface area contributed by atoms with Crippen molar-refractivity contribution < 1.29 is 0 Å². The second-order valence-electron chi connectivity index (χ2n) is 3.16. The molecule has 12 heavy (non-hydrogen) atoms. The summed E-state index contributed by atoms with van der Waals surface area (Å²) in [4.78, 5) is 4.58. The third-order valence-electron chi connectivity index (χ3n) is 2.36. The number of aryl methyl sites for hydroxylation is 1. The Morgan fingerprint density at radius 2 is 2.08 bits per heavy atom. The number of benzene rings is 1. The van der Waals surface area contributed by atoms with Crippen molar-refractivity contribution in [1.29, 1.82) is 0 Å². The predicted molar refractivity (Wildman–Crippen MR) is 52.1 cm³/mol. The number of aliphatic imine (C=N–C) groups is 1. The molecule has 0 atom stereocenters. The molecule has 0 aliphatic carbocycles. The molecule has 1 aliphatic heterocycles. The minimum absolute atomic E-state index is 1.09. The summed E-state index contributed by atoms with van der Waals surface area (Å²) in [5.41, 5.74) is 3.92. The van der Waals surface area contributed by atoms with Gasteiger partial charge in [-0.15, -0.1) is 0 Å². The molecule has 2 rings (SSSR count). The van der Waals surface area contributed by atoms with Crippen LogP contribution >= 0.6 is 0 Å². The van der Waals surface area contributed by atoms with Crippen LogP contribution in [0.25, 0.3) is 0 Å². The van der Waals surface area contributed by atoms with E-state index in [0.29, 0.717) is 0 Å². The van der Waals surface area contributed by atoms with Crippen molar-refractivity contribution in [2.75, 3.05) is 0 Å². The summed E-state index contributed by atoms with van der Waals surface area (Å²) in [6.45, 7) is 2.17. The molecule has 0 bridgehead atoms. The van der Waals surface area contributed by atoms with E-state index in [1.165, 1.54) is 23.4 Å². The first kappa shape index (κ1) is 7.53. The smallest absolute Gasteiger partial charge is 0.0661 e. The van der Waals surface area contributed by atoms with Crippen LogP contribution in [0.2, 0.25) is 0 Å². The average molecular weight is 159 g/mol. The Balaban J connectivity index is 2.41. The SMILES string of the molecule is CCC1=Nc2ccccc2CC1. The molecular formula is C11H13N. The largest absolute Gasteiger partial charge is 0.258 e. The van der Waals surface area contributed by atoms with Gasteiger partial charge < -0.3 is 0 Å². The van der Waals surface area contributed by atoms with Gasteiger partial charge in [0.2, 0.25) is 0 Å². The van der Waals surface area contributed by atoms with Crippen LogP contribution in [0, 0.1) is 0 Å². The minimum atomic E-state index is 1.09. The van der Waals surface area contributed by atoms with E-state index in [2.05, 4.69) is 36.2 Å². The molecule has 0 fully saturated rings. The van der Waals surface area contributed by atoms with Crippen LogP contribution in [0.15, 0.2) is 29.3 Å². The minimum Gasteiger partial charge on any atom is -0.258 e. The Bertz CT molecular complexity index is 313. The van der Waals surface area contributed by atoms with Gasteiger partial charge in [-0.25, -0.2) is 0 Å². The number of nitrogens with zero attached hydrogens (tertiary/aromatic N) is 1. The normalized spacial score (nSPS) is 15.2. The fourth-order valence-electron chi connectivity index (χ4n) is 1.59. The van der Waals surface area contributed by atoms with Crippen LogP contribution in [-0.4, -0.2) is 5.71 Å². The molecule has 0 radical (unpaired) electrons. The van der Waals surface area contributed by atoms with Crippen molar-refractivity contribution in [2.24, 2.45) is 4.99 Å². The molecule has 1 aliphatic rings. The van der Waals surface area contributed by atoms with Crippen LogP contribution < -0.4 is 0 Å². The van der Waals surface area contributed by atoms with Crippen LogP contribution in [0.5, 0.6) is 0 Å². The standard InChI is InChI=1S/C11H13N/c1-2-10-8-7-9-5-3-4-6-11(9)12-10/h3-6H,2,7-8H2,1H3. The lowest BCUT2D eigenvalue weighted by Gasteiger charge is -2.13. The average Bonchev–Trinajstić information content (AvgIpc) is 2.17. The van der Waals surface area contributed by atoms with E-state index in [4.69, 9.17) is 0 Å².